The van der Waals surface area contributed by atoms with E-state index in [9.17, 15) is 5.11 Å². The van der Waals surface area contributed by atoms with Gasteiger partial charge in [-0.05, 0) is 42.3 Å². The zero-order valence-corrected chi connectivity index (χ0v) is 10.6. The summed E-state index contributed by atoms with van der Waals surface area (Å²) >= 11 is 6.06. The average molecular weight is 263 g/mol. The Morgan fingerprint density at radius 3 is 2.50 bits per heavy atom. The van der Waals surface area contributed by atoms with Gasteiger partial charge in [0.2, 0.25) is 0 Å². The fourth-order valence-corrected chi connectivity index (χ4v) is 1.93. The monoisotopic (exact) mass is 262 g/mol. The van der Waals surface area contributed by atoms with E-state index in [4.69, 9.17) is 17.3 Å². The van der Waals surface area contributed by atoms with Gasteiger partial charge in [-0.3, -0.25) is 0 Å². The Morgan fingerprint density at radius 2 is 1.83 bits per heavy atom. The number of phenolic OH excluding ortho intramolecular Hbond substituents is 1. The molecule has 4 N–H and O–H groups in total. The number of phenols is 1. The van der Waals surface area contributed by atoms with Gasteiger partial charge < -0.3 is 16.2 Å². The molecular weight excluding hydrogens is 248 g/mol. The SMILES string of the molecule is Nc1ccc(NCCc2ccc(O)cc2)c(Cl)c1. The molecule has 2 aromatic carbocycles. The number of nitrogens with two attached hydrogens (primary N) is 1. The maximum Gasteiger partial charge on any atom is 0.115 e. The van der Waals surface area contributed by atoms with E-state index in [0.717, 1.165) is 24.2 Å². The van der Waals surface area contributed by atoms with Gasteiger partial charge in [0.05, 0.1) is 10.7 Å². The Kier molecular flexibility index (Phi) is 3.95. The van der Waals surface area contributed by atoms with Gasteiger partial charge >= 0.3 is 0 Å². The van der Waals surface area contributed by atoms with Crippen molar-refractivity contribution in [1.82, 2.24) is 0 Å². The van der Waals surface area contributed by atoms with Crippen molar-refractivity contribution >= 4 is 23.0 Å². The Bertz CT molecular complexity index is 526. The molecule has 0 aliphatic rings. The highest BCUT2D eigenvalue weighted by molar-refractivity contribution is 6.33. The molecule has 0 amide bonds. The van der Waals surface area contributed by atoms with Gasteiger partial charge in [-0.15, -0.1) is 0 Å². The minimum Gasteiger partial charge on any atom is -0.508 e. The summed E-state index contributed by atoms with van der Waals surface area (Å²) in [5, 5.41) is 13.1. The van der Waals surface area contributed by atoms with Crippen LogP contribution in [0.15, 0.2) is 42.5 Å². The van der Waals surface area contributed by atoms with Crippen molar-refractivity contribution in [2.24, 2.45) is 0 Å². The normalized spacial score (nSPS) is 10.3. The van der Waals surface area contributed by atoms with Crippen LogP contribution >= 0.6 is 11.6 Å². The Hall–Kier alpha value is -1.87. The molecule has 18 heavy (non-hydrogen) atoms. The molecule has 0 atom stereocenters. The second-order valence-corrected chi connectivity index (χ2v) is 4.49. The number of nitrogens with one attached hydrogen (secondary N) is 1. The van der Waals surface area contributed by atoms with Gasteiger partial charge in [-0.25, -0.2) is 0 Å². The van der Waals surface area contributed by atoms with Crippen LogP contribution in [-0.2, 0) is 6.42 Å². The highest BCUT2D eigenvalue weighted by Gasteiger charge is 2.00. The third-order valence-corrected chi connectivity index (χ3v) is 2.97. The van der Waals surface area contributed by atoms with Crippen molar-refractivity contribution in [3.05, 3.63) is 53.1 Å². The minimum atomic E-state index is 0.285. The number of aromatic hydroxyl groups is 1. The zero-order chi connectivity index (χ0) is 13.0. The lowest BCUT2D eigenvalue weighted by molar-refractivity contribution is 0.475. The molecule has 0 saturated carbocycles. The summed E-state index contributed by atoms with van der Waals surface area (Å²) in [6.07, 6.45) is 0.862. The van der Waals surface area contributed by atoms with Crippen molar-refractivity contribution in [2.75, 3.05) is 17.6 Å². The lowest BCUT2D eigenvalue weighted by Gasteiger charge is -2.09. The molecule has 2 rings (SSSR count). The van der Waals surface area contributed by atoms with Gasteiger partial charge in [-0.2, -0.15) is 0 Å². The third-order valence-electron chi connectivity index (χ3n) is 2.66. The van der Waals surface area contributed by atoms with Crippen LogP contribution in [0.5, 0.6) is 5.75 Å². The van der Waals surface area contributed by atoms with Crippen LogP contribution < -0.4 is 11.1 Å². The number of rotatable bonds is 4. The molecule has 94 valence electrons. The molecule has 0 bridgehead atoms. The van der Waals surface area contributed by atoms with Crippen molar-refractivity contribution in [3.8, 4) is 5.75 Å². The molecule has 0 unspecified atom stereocenters. The molecule has 0 aromatic heterocycles. The summed E-state index contributed by atoms with van der Waals surface area (Å²) in [7, 11) is 0. The average Bonchev–Trinajstić information content (AvgIpc) is 2.34. The molecule has 0 aliphatic carbocycles. The second kappa shape index (κ2) is 5.65. The lowest BCUT2D eigenvalue weighted by Crippen LogP contribution is -2.05. The van der Waals surface area contributed by atoms with E-state index in [1.165, 1.54) is 0 Å². The van der Waals surface area contributed by atoms with Crippen LogP contribution in [0, 0.1) is 0 Å². The van der Waals surface area contributed by atoms with Crippen molar-refractivity contribution in [1.29, 1.82) is 0 Å². The maximum atomic E-state index is 9.18. The number of halogens is 1. The molecule has 2 aromatic rings. The van der Waals surface area contributed by atoms with Crippen LogP contribution in [-0.4, -0.2) is 11.7 Å². The zero-order valence-electron chi connectivity index (χ0n) is 9.86. The molecule has 0 aliphatic heterocycles. The number of benzene rings is 2. The minimum absolute atomic E-state index is 0.285. The Morgan fingerprint density at radius 1 is 1.11 bits per heavy atom. The fourth-order valence-electron chi connectivity index (χ4n) is 1.68. The Balaban J connectivity index is 1.90. The summed E-state index contributed by atoms with van der Waals surface area (Å²) in [5.74, 6) is 0.285. The van der Waals surface area contributed by atoms with Crippen LogP contribution in [0.1, 0.15) is 5.56 Å². The first-order valence-corrected chi connectivity index (χ1v) is 6.10. The Labute approximate surface area is 111 Å². The first-order valence-electron chi connectivity index (χ1n) is 5.72. The van der Waals surface area contributed by atoms with Crippen LogP contribution in [0.25, 0.3) is 0 Å². The van der Waals surface area contributed by atoms with Crippen molar-refractivity contribution < 1.29 is 5.11 Å². The summed E-state index contributed by atoms with van der Waals surface area (Å²) in [6, 6.07) is 12.6. The highest BCUT2D eigenvalue weighted by atomic mass is 35.5. The topological polar surface area (TPSA) is 58.3 Å². The van der Waals surface area contributed by atoms with Gasteiger partial charge in [0.15, 0.2) is 0 Å². The largest absolute Gasteiger partial charge is 0.508 e. The quantitative estimate of drug-likeness (QED) is 0.741. The van der Waals surface area contributed by atoms with Crippen molar-refractivity contribution in [2.45, 2.75) is 6.42 Å². The first-order chi connectivity index (χ1) is 8.65. The maximum absolute atomic E-state index is 9.18. The molecule has 4 heteroatoms. The van der Waals surface area contributed by atoms with Gasteiger partial charge in [-0.1, -0.05) is 23.7 Å². The number of hydrogen-bond acceptors (Lipinski definition) is 3. The molecule has 0 fully saturated rings. The van der Waals surface area contributed by atoms with E-state index in [2.05, 4.69) is 5.32 Å². The van der Waals surface area contributed by atoms with Crippen molar-refractivity contribution in [3.63, 3.8) is 0 Å². The summed E-state index contributed by atoms with van der Waals surface area (Å²) in [5.41, 5.74) is 8.32. The number of nitrogen functional groups attached to an aromatic ring is 1. The highest BCUT2D eigenvalue weighted by Crippen LogP contribution is 2.23. The van der Waals surface area contributed by atoms with Crippen LogP contribution in [0.3, 0.4) is 0 Å². The second-order valence-electron chi connectivity index (χ2n) is 4.08. The summed E-state index contributed by atoms with van der Waals surface area (Å²) < 4.78 is 0. The van der Waals surface area contributed by atoms with E-state index < -0.39 is 0 Å². The molecule has 0 heterocycles. The fraction of sp³-hybridized carbons (Fsp3) is 0.143. The van der Waals surface area contributed by atoms with E-state index in [0.29, 0.717) is 10.7 Å². The van der Waals surface area contributed by atoms with Crippen LogP contribution in [0.4, 0.5) is 11.4 Å². The van der Waals surface area contributed by atoms with Gasteiger partial charge in [0, 0.05) is 12.2 Å². The predicted molar refractivity (Wildman–Crippen MR) is 76.2 cm³/mol. The molecule has 3 nitrogen and oxygen atoms in total. The third kappa shape index (κ3) is 3.31. The molecule has 0 saturated heterocycles. The first kappa shape index (κ1) is 12.6. The lowest BCUT2D eigenvalue weighted by atomic mass is 10.1. The van der Waals surface area contributed by atoms with E-state index in [1.54, 1.807) is 18.2 Å². The van der Waals surface area contributed by atoms with E-state index in [-0.39, 0.29) is 5.75 Å². The van der Waals surface area contributed by atoms with E-state index >= 15 is 0 Å². The number of anilines is 2. The van der Waals surface area contributed by atoms with Gasteiger partial charge in [0.25, 0.3) is 0 Å². The summed E-state index contributed by atoms with van der Waals surface area (Å²) in [4.78, 5) is 0. The van der Waals surface area contributed by atoms with Gasteiger partial charge in [0.1, 0.15) is 5.75 Å². The number of hydrogen-bond donors (Lipinski definition) is 3. The summed E-state index contributed by atoms with van der Waals surface area (Å²) in [6.45, 7) is 0.772. The molecule has 0 spiro atoms. The smallest absolute Gasteiger partial charge is 0.115 e. The predicted octanol–water partition coefficient (Wildman–Crippen LogP) is 3.28. The standard InChI is InChI=1S/C14H15ClN2O/c15-13-9-11(16)3-6-14(13)17-8-7-10-1-4-12(18)5-2-10/h1-6,9,17-18H,7-8,16H2. The molecule has 0 radical (unpaired) electrons. The van der Waals surface area contributed by atoms with Crippen LogP contribution in [0.2, 0.25) is 5.02 Å². The van der Waals surface area contributed by atoms with E-state index in [1.807, 2.05) is 24.3 Å². The molecular formula is C14H15ClN2O.